The van der Waals surface area contributed by atoms with Crippen LogP contribution in [-0.2, 0) is 0 Å². The maximum Gasteiger partial charge on any atom is 0.415 e. The normalized spacial score (nSPS) is 14.5. The van der Waals surface area contributed by atoms with E-state index in [1.165, 1.54) is 0 Å². The van der Waals surface area contributed by atoms with Crippen molar-refractivity contribution in [3.05, 3.63) is 24.1 Å². The summed E-state index contributed by atoms with van der Waals surface area (Å²) >= 11 is 0. The van der Waals surface area contributed by atoms with Crippen molar-refractivity contribution in [1.29, 1.82) is 0 Å². The summed E-state index contributed by atoms with van der Waals surface area (Å²) in [6.45, 7) is 3.53. The molecule has 0 spiro atoms. The van der Waals surface area contributed by atoms with Gasteiger partial charge < -0.3 is 0 Å². The zero-order valence-corrected chi connectivity index (χ0v) is 5.30. The molecule has 0 heterocycles. The molecule has 0 saturated carbocycles. The van der Waals surface area contributed by atoms with Crippen LogP contribution in [0, 0.1) is 0 Å². The van der Waals surface area contributed by atoms with E-state index >= 15 is 0 Å². The van der Waals surface area contributed by atoms with E-state index in [0.717, 1.165) is 0 Å². The van der Waals surface area contributed by atoms with Gasteiger partial charge in [0.25, 0.3) is 0 Å². The molecule has 4 heteroatoms. The minimum Gasteiger partial charge on any atom is -0.207 e. The Morgan fingerprint density at radius 1 is 1.40 bits per heavy atom. The van der Waals surface area contributed by atoms with Crippen LogP contribution in [-0.4, -0.2) is 6.18 Å². The molecular formula is C6H6F4. The second-order valence-electron chi connectivity index (χ2n) is 1.67. The van der Waals surface area contributed by atoms with Crippen LogP contribution >= 0.6 is 0 Å². The molecule has 0 fully saturated rings. The molecule has 10 heavy (non-hydrogen) atoms. The van der Waals surface area contributed by atoms with Crippen molar-refractivity contribution in [1.82, 2.24) is 0 Å². The number of hydrogen-bond donors (Lipinski definition) is 0. The van der Waals surface area contributed by atoms with Crippen LogP contribution in [0.5, 0.6) is 0 Å². The lowest BCUT2D eigenvalue weighted by Crippen LogP contribution is -2.09. The van der Waals surface area contributed by atoms with E-state index in [9.17, 15) is 17.6 Å². The summed E-state index contributed by atoms with van der Waals surface area (Å²) in [5, 5.41) is 0. The highest BCUT2D eigenvalue weighted by Crippen LogP contribution is 2.28. The summed E-state index contributed by atoms with van der Waals surface area (Å²) in [4.78, 5) is 0. The van der Waals surface area contributed by atoms with E-state index in [-0.39, 0.29) is 0 Å². The standard InChI is InChI=1S/C6H6F4/c1-3-5(7)4(2)6(8,9)10/h3H,1H2,2H3/b5-4-. The van der Waals surface area contributed by atoms with Crippen molar-refractivity contribution < 1.29 is 17.6 Å². The average Bonchev–Trinajstić information content (AvgIpc) is 1.83. The highest BCUT2D eigenvalue weighted by Gasteiger charge is 2.32. The molecule has 0 aliphatic rings. The zero-order valence-electron chi connectivity index (χ0n) is 5.30. The summed E-state index contributed by atoms with van der Waals surface area (Å²) in [6.07, 6.45) is -4.05. The predicted octanol–water partition coefficient (Wildman–Crippen LogP) is 2.98. The predicted molar refractivity (Wildman–Crippen MR) is 30.1 cm³/mol. The fraction of sp³-hybridized carbons (Fsp3) is 0.333. The SMILES string of the molecule is C=C/C(F)=C(\C)C(F)(F)F. The second kappa shape index (κ2) is 2.86. The number of rotatable bonds is 1. The maximum absolute atomic E-state index is 12.1. The highest BCUT2D eigenvalue weighted by molar-refractivity contribution is 5.19. The molecule has 58 valence electrons. The first kappa shape index (κ1) is 9.20. The third kappa shape index (κ3) is 2.21. The van der Waals surface area contributed by atoms with Gasteiger partial charge in [-0.15, -0.1) is 0 Å². The van der Waals surface area contributed by atoms with E-state index in [2.05, 4.69) is 6.58 Å². The van der Waals surface area contributed by atoms with Crippen molar-refractivity contribution in [3.63, 3.8) is 0 Å². The summed E-state index contributed by atoms with van der Waals surface area (Å²) < 4.78 is 46.7. The summed E-state index contributed by atoms with van der Waals surface area (Å²) in [5.74, 6) is -1.33. The van der Waals surface area contributed by atoms with Crippen LogP contribution in [0.4, 0.5) is 17.6 Å². The van der Waals surface area contributed by atoms with Crippen molar-refractivity contribution >= 4 is 0 Å². The van der Waals surface area contributed by atoms with Crippen molar-refractivity contribution in [2.24, 2.45) is 0 Å². The maximum atomic E-state index is 12.1. The third-order valence-electron chi connectivity index (χ3n) is 0.963. The monoisotopic (exact) mass is 154 g/mol. The van der Waals surface area contributed by atoms with Gasteiger partial charge in [0, 0.05) is 0 Å². The van der Waals surface area contributed by atoms with E-state index in [4.69, 9.17) is 0 Å². The van der Waals surface area contributed by atoms with Crippen molar-refractivity contribution in [2.75, 3.05) is 0 Å². The number of hydrogen-bond acceptors (Lipinski definition) is 0. The topological polar surface area (TPSA) is 0 Å². The van der Waals surface area contributed by atoms with Gasteiger partial charge in [0.15, 0.2) is 0 Å². The Morgan fingerprint density at radius 2 is 1.80 bits per heavy atom. The highest BCUT2D eigenvalue weighted by atomic mass is 19.4. The lowest BCUT2D eigenvalue weighted by atomic mass is 10.2. The molecule has 0 N–H and O–H groups in total. The minimum absolute atomic E-state index is 0.531. The summed E-state index contributed by atoms with van der Waals surface area (Å²) in [6, 6.07) is 0. The first-order valence-electron chi connectivity index (χ1n) is 2.45. The Balaban J connectivity index is 4.63. The van der Waals surface area contributed by atoms with Crippen molar-refractivity contribution in [2.45, 2.75) is 13.1 Å². The van der Waals surface area contributed by atoms with Gasteiger partial charge in [-0.05, 0) is 13.0 Å². The summed E-state index contributed by atoms with van der Waals surface area (Å²) in [5.41, 5.74) is -1.25. The van der Waals surface area contributed by atoms with Crippen LogP contribution in [0.2, 0.25) is 0 Å². The molecule has 0 aromatic carbocycles. The average molecular weight is 154 g/mol. The van der Waals surface area contributed by atoms with E-state index in [1.807, 2.05) is 0 Å². The molecule has 0 aliphatic heterocycles. The van der Waals surface area contributed by atoms with Gasteiger partial charge in [-0.25, -0.2) is 4.39 Å². The van der Waals surface area contributed by atoms with Gasteiger partial charge in [0.1, 0.15) is 5.83 Å². The number of halogens is 4. The number of allylic oxidation sites excluding steroid dienone is 3. The lowest BCUT2D eigenvalue weighted by molar-refractivity contribution is -0.0929. The first-order valence-corrected chi connectivity index (χ1v) is 2.45. The third-order valence-corrected chi connectivity index (χ3v) is 0.963. The molecule has 0 rings (SSSR count). The van der Waals surface area contributed by atoms with Crippen LogP contribution in [0.15, 0.2) is 24.1 Å². The van der Waals surface area contributed by atoms with Crippen LogP contribution in [0.3, 0.4) is 0 Å². The molecule has 0 amide bonds. The first-order chi connectivity index (χ1) is 4.39. The fourth-order valence-corrected chi connectivity index (χ4v) is 0.288. The van der Waals surface area contributed by atoms with Gasteiger partial charge >= 0.3 is 6.18 Å². The van der Waals surface area contributed by atoms with Gasteiger partial charge in [-0.3, -0.25) is 0 Å². The van der Waals surface area contributed by atoms with Crippen LogP contribution in [0.25, 0.3) is 0 Å². The van der Waals surface area contributed by atoms with Gasteiger partial charge in [0.2, 0.25) is 0 Å². The molecule has 0 bridgehead atoms. The Hall–Kier alpha value is -0.800. The Bertz CT molecular complexity index is 163. The van der Waals surface area contributed by atoms with Gasteiger partial charge in [0.05, 0.1) is 5.57 Å². The molecule has 0 atom stereocenters. The molecular weight excluding hydrogens is 148 g/mol. The quantitative estimate of drug-likeness (QED) is 0.402. The molecule has 0 radical (unpaired) electrons. The second-order valence-corrected chi connectivity index (χ2v) is 1.67. The van der Waals surface area contributed by atoms with E-state index in [1.54, 1.807) is 0 Å². The molecule has 0 unspecified atom stereocenters. The summed E-state index contributed by atoms with van der Waals surface area (Å²) in [7, 11) is 0. The molecule has 0 aromatic rings. The molecule has 0 nitrogen and oxygen atoms in total. The smallest absolute Gasteiger partial charge is 0.207 e. The largest absolute Gasteiger partial charge is 0.415 e. The zero-order chi connectivity index (χ0) is 8.36. The van der Waals surface area contributed by atoms with Gasteiger partial charge in [-0.2, -0.15) is 13.2 Å². The number of alkyl halides is 3. The molecule has 0 saturated heterocycles. The Labute approximate surface area is 55.8 Å². The van der Waals surface area contributed by atoms with E-state index in [0.29, 0.717) is 13.0 Å². The van der Waals surface area contributed by atoms with Gasteiger partial charge in [-0.1, -0.05) is 6.58 Å². The Morgan fingerprint density at radius 3 is 1.90 bits per heavy atom. The molecule has 0 aliphatic carbocycles. The van der Waals surface area contributed by atoms with E-state index < -0.39 is 17.6 Å². The Kier molecular flexibility index (Phi) is 2.63. The lowest BCUT2D eigenvalue weighted by Gasteiger charge is -2.05. The van der Waals surface area contributed by atoms with Crippen molar-refractivity contribution in [3.8, 4) is 0 Å². The fourth-order valence-electron chi connectivity index (χ4n) is 0.288. The minimum atomic E-state index is -4.59. The van der Waals surface area contributed by atoms with Crippen LogP contribution < -0.4 is 0 Å². The molecule has 0 aromatic heterocycles. The van der Waals surface area contributed by atoms with Crippen LogP contribution in [0.1, 0.15) is 6.92 Å².